The number of aryl methyl sites for hydroxylation is 1. The minimum absolute atomic E-state index is 0.115. The predicted octanol–water partition coefficient (Wildman–Crippen LogP) is 3.42. The van der Waals surface area contributed by atoms with E-state index < -0.39 is 29.1 Å². The zero-order chi connectivity index (χ0) is 18.0. The molecule has 0 aliphatic heterocycles. The van der Waals surface area contributed by atoms with Gasteiger partial charge < -0.3 is 14.6 Å². The van der Waals surface area contributed by atoms with Gasteiger partial charge in [-0.25, -0.2) is 13.6 Å². The highest BCUT2D eigenvalue weighted by Crippen LogP contribution is 2.25. The van der Waals surface area contributed by atoms with E-state index in [-0.39, 0.29) is 17.2 Å². The highest BCUT2D eigenvalue weighted by Gasteiger charge is 2.24. The van der Waals surface area contributed by atoms with Crippen molar-refractivity contribution in [2.45, 2.75) is 26.7 Å². The average molecular weight is 338 g/mol. The van der Waals surface area contributed by atoms with Gasteiger partial charge in [0, 0.05) is 12.0 Å². The van der Waals surface area contributed by atoms with Gasteiger partial charge in [0.05, 0.1) is 24.1 Å². The first-order valence-electron chi connectivity index (χ1n) is 7.11. The zero-order valence-corrected chi connectivity index (χ0v) is 13.6. The van der Waals surface area contributed by atoms with E-state index in [1.807, 2.05) is 13.8 Å². The lowest BCUT2D eigenvalue weighted by molar-refractivity contribution is 0.0595. The van der Waals surface area contributed by atoms with E-state index in [4.69, 9.17) is 4.52 Å². The summed E-state index contributed by atoms with van der Waals surface area (Å²) in [7, 11) is 1.07. The maximum absolute atomic E-state index is 13.9. The van der Waals surface area contributed by atoms with Gasteiger partial charge >= 0.3 is 5.97 Å². The molecule has 1 heterocycles. The van der Waals surface area contributed by atoms with Crippen LogP contribution >= 0.6 is 0 Å². The quantitative estimate of drug-likeness (QED) is 0.864. The Bertz CT molecular complexity index is 800. The summed E-state index contributed by atoms with van der Waals surface area (Å²) >= 11 is 0. The van der Waals surface area contributed by atoms with Crippen LogP contribution in [0, 0.1) is 18.6 Å². The molecule has 0 atom stereocenters. The molecule has 0 saturated heterocycles. The summed E-state index contributed by atoms with van der Waals surface area (Å²) in [6.45, 7) is 5.19. The van der Waals surface area contributed by atoms with Crippen LogP contribution in [-0.4, -0.2) is 24.1 Å². The molecule has 6 nitrogen and oxygen atoms in total. The Kier molecular flexibility index (Phi) is 4.96. The number of nitrogens with one attached hydrogen (secondary N) is 1. The van der Waals surface area contributed by atoms with Crippen molar-refractivity contribution < 1.29 is 27.6 Å². The van der Waals surface area contributed by atoms with Crippen LogP contribution in [0.4, 0.5) is 14.5 Å². The Hall–Kier alpha value is -2.77. The molecule has 1 aromatic heterocycles. The van der Waals surface area contributed by atoms with Crippen molar-refractivity contribution in [1.82, 2.24) is 5.16 Å². The van der Waals surface area contributed by atoms with Crippen LogP contribution in [-0.2, 0) is 4.74 Å². The third kappa shape index (κ3) is 3.27. The Labute approximate surface area is 136 Å². The first-order chi connectivity index (χ1) is 11.3. The molecule has 1 amide bonds. The molecular formula is C16H16F2N2O4. The number of ether oxygens (including phenoxy) is 1. The van der Waals surface area contributed by atoms with Crippen molar-refractivity contribution in [2.24, 2.45) is 0 Å². The van der Waals surface area contributed by atoms with Crippen molar-refractivity contribution in [1.29, 1.82) is 0 Å². The second kappa shape index (κ2) is 6.77. The third-order valence-electron chi connectivity index (χ3n) is 3.35. The summed E-state index contributed by atoms with van der Waals surface area (Å²) in [5.74, 6) is -3.52. The molecular weight excluding hydrogens is 322 g/mol. The van der Waals surface area contributed by atoms with E-state index in [0.29, 0.717) is 17.5 Å². The number of aromatic nitrogens is 1. The number of amides is 1. The van der Waals surface area contributed by atoms with E-state index in [2.05, 4.69) is 15.2 Å². The highest BCUT2D eigenvalue weighted by atomic mass is 19.1. The number of nitrogens with zero attached hydrogens (tertiary/aromatic N) is 1. The van der Waals surface area contributed by atoms with Gasteiger partial charge in [0.25, 0.3) is 5.91 Å². The lowest BCUT2D eigenvalue weighted by atomic mass is 10.0. The molecule has 0 fully saturated rings. The fraction of sp³-hybridized carbons (Fsp3) is 0.312. The molecule has 2 aromatic rings. The van der Waals surface area contributed by atoms with Crippen LogP contribution in [0.3, 0.4) is 0 Å². The Morgan fingerprint density at radius 1 is 1.25 bits per heavy atom. The van der Waals surface area contributed by atoms with Crippen LogP contribution in [0.5, 0.6) is 0 Å². The number of carbonyl (C=O) groups is 2. The monoisotopic (exact) mass is 338 g/mol. The summed E-state index contributed by atoms with van der Waals surface area (Å²) < 4.78 is 37.1. The van der Waals surface area contributed by atoms with Crippen molar-refractivity contribution in [3.8, 4) is 0 Å². The van der Waals surface area contributed by atoms with Gasteiger partial charge in [0.1, 0.15) is 17.2 Å². The molecule has 8 heteroatoms. The number of hydrogen-bond donors (Lipinski definition) is 1. The molecule has 0 radical (unpaired) electrons. The molecule has 1 N–H and O–H groups in total. The van der Waals surface area contributed by atoms with Gasteiger partial charge in [-0.15, -0.1) is 0 Å². The predicted molar refractivity (Wildman–Crippen MR) is 81.0 cm³/mol. The minimum Gasteiger partial charge on any atom is -0.465 e. The second-order valence-corrected chi connectivity index (χ2v) is 5.42. The number of rotatable bonds is 4. The highest BCUT2D eigenvalue weighted by molar-refractivity contribution is 6.06. The fourth-order valence-corrected chi connectivity index (χ4v) is 2.15. The summed E-state index contributed by atoms with van der Waals surface area (Å²) in [6, 6.07) is 1.39. The minimum atomic E-state index is -1.08. The molecule has 24 heavy (non-hydrogen) atoms. The third-order valence-corrected chi connectivity index (χ3v) is 3.35. The standard InChI is InChI=1S/C16H16F2N2O4/c1-7(2)14-13(8(3)20-24-14)15(21)19-12-5-9(16(22)23-4)10(17)6-11(12)18/h5-7H,1-4H3,(H,19,21). The van der Waals surface area contributed by atoms with Gasteiger partial charge in [0.2, 0.25) is 0 Å². The van der Waals surface area contributed by atoms with Crippen molar-refractivity contribution in [3.63, 3.8) is 0 Å². The summed E-state index contributed by atoms with van der Waals surface area (Å²) in [6.07, 6.45) is 0. The topological polar surface area (TPSA) is 81.4 Å². The van der Waals surface area contributed by atoms with E-state index in [9.17, 15) is 18.4 Å². The lowest BCUT2D eigenvalue weighted by Crippen LogP contribution is -2.17. The number of hydrogen-bond acceptors (Lipinski definition) is 5. The molecule has 0 aliphatic rings. The molecule has 0 bridgehead atoms. The largest absolute Gasteiger partial charge is 0.465 e. The van der Waals surface area contributed by atoms with Crippen molar-refractivity contribution in [2.75, 3.05) is 12.4 Å². The number of esters is 1. The van der Waals surface area contributed by atoms with Crippen LogP contribution in [0.1, 0.15) is 51.9 Å². The van der Waals surface area contributed by atoms with Gasteiger partial charge in [-0.05, 0) is 13.0 Å². The smallest absolute Gasteiger partial charge is 0.340 e. The van der Waals surface area contributed by atoms with Gasteiger partial charge in [-0.1, -0.05) is 19.0 Å². The van der Waals surface area contributed by atoms with Gasteiger partial charge in [-0.3, -0.25) is 4.79 Å². The van der Waals surface area contributed by atoms with E-state index in [1.54, 1.807) is 6.92 Å². The van der Waals surface area contributed by atoms with Crippen molar-refractivity contribution in [3.05, 3.63) is 46.3 Å². The molecule has 128 valence electrons. The van der Waals surface area contributed by atoms with Crippen LogP contribution in [0.25, 0.3) is 0 Å². The van der Waals surface area contributed by atoms with Gasteiger partial charge in [-0.2, -0.15) is 0 Å². The lowest BCUT2D eigenvalue weighted by Gasteiger charge is -2.10. The fourth-order valence-electron chi connectivity index (χ4n) is 2.15. The second-order valence-electron chi connectivity index (χ2n) is 5.42. The summed E-state index contributed by atoms with van der Waals surface area (Å²) in [5.41, 5.74) is -0.322. The maximum atomic E-state index is 13.9. The number of anilines is 1. The zero-order valence-electron chi connectivity index (χ0n) is 13.6. The molecule has 2 rings (SSSR count). The van der Waals surface area contributed by atoms with E-state index >= 15 is 0 Å². The number of halogens is 2. The molecule has 0 aliphatic carbocycles. The van der Waals surface area contributed by atoms with Crippen LogP contribution in [0.2, 0.25) is 0 Å². The number of carbonyl (C=O) groups excluding carboxylic acids is 2. The Morgan fingerprint density at radius 3 is 2.50 bits per heavy atom. The Morgan fingerprint density at radius 2 is 1.92 bits per heavy atom. The van der Waals surface area contributed by atoms with Crippen molar-refractivity contribution >= 4 is 17.6 Å². The van der Waals surface area contributed by atoms with Crippen LogP contribution < -0.4 is 5.32 Å². The Balaban J connectivity index is 2.40. The maximum Gasteiger partial charge on any atom is 0.340 e. The first-order valence-corrected chi connectivity index (χ1v) is 7.11. The first kappa shape index (κ1) is 17.6. The van der Waals surface area contributed by atoms with E-state index in [0.717, 1.165) is 13.2 Å². The number of methoxy groups -OCH3 is 1. The van der Waals surface area contributed by atoms with Crippen LogP contribution in [0.15, 0.2) is 16.7 Å². The summed E-state index contributed by atoms with van der Waals surface area (Å²) in [5, 5.41) is 6.04. The summed E-state index contributed by atoms with van der Waals surface area (Å²) in [4.78, 5) is 23.9. The van der Waals surface area contributed by atoms with Gasteiger partial charge in [0.15, 0.2) is 5.76 Å². The molecule has 0 spiro atoms. The normalized spacial score (nSPS) is 10.8. The molecule has 1 aromatic carbocycles. The number of benzene rings is 1. The van der Waals surface area contributed by atoms with E-state index in [1.165, 1.54) is 0 Å². The average Bonchev–Trinajstić information content (AvgIpc) is 2.91. The molecule has 0 saturated carbocycles. The SMILES string of the molecule is COC(=O)c1cc(NC(=O)c2c(C)noc2C(C)C)c(F)cc1F. The molecule has 0 unspecified atom stereocenters.